The molecule has 0 radical (unpaired) electrons. The van der Waals surface area contributed by atoms with Crippen LogP contribution in [0.25, 0.3) is 10.9 Å². The minimum Gasteiger partial charge on any atom is -0.481 e. The Hall–Kier alpha value is -2.37. The number of fused-ring (bicyclic) bond motifs is 1. The number of amides is 1. The summed E-state index contributed by atoms with van der Waals surface area (Å²) in [6.07, 6.45) is 2.21. The van der Waals surface area contributed by atoms with E-state index in [9.17, 15) is 9.59 Å². The number of nitrogens with one attached hydrogen (secondary N) is 1. The summed E-state index contributed by atoms with van der Waals surface area (Å²) >= 11 is 0. The third kappa shape index (κ3) is 3.09. The fraction of sp³-hybridized carbons (Fsp3) is 0.308. The number of carboxylic acids is 1. The third-order valence-electron chi connectivity index (χ3n) is 2.92. The summed E-state index contributed by atoms with van der Waals surface area (Å²) in [6, 6.07) is 5.32. The van der Waals surface area contributed by atoms with Crippen molar-refractivity contribution in [3.63, 3.8) is 0 Å². The van der Waals surface area contributed by atoms with E-state index in [0.29, 0.717) is 18.5 Å². The van der Waals surface area contributed by atoms with Gasteiger partial charge < -0.3 is 10.0 Å². The monoisotopic (exact) mass is 261 g/mol. The zero-order valence-electron chi connectivity index (χ0n) is 10.6. The van der Waals surface area contributed by atoms with E-state index in [1.54, 1.807) is 25.4 Å². The second-order valence-corrected chi connectivity index (χ2v) is 4.40. The Bertz CT molecular complexity index is 606. The average Bonchev–Trinajstić information content (AvgIpc) is 2.84. The summed E-state index contributed by atoms with van der Waals surface area (Å²) in [7, 11) is 1.67. The average molecular weight is 261 g/mol. The summed E-state index contributed by atoms with van der Waals surface area (Å²) in [5.74, 6) is -0.971. The number of nitrogens with zero attached hydrogens (tertiary/aromatic N) is 2. The molecule has 1 amide bonds. The Morgan fingerprint density at radius 1 is 1.42 bits per heavy atom. The van der Waals surface area contributed by atoms with Crippen LogP contribution in [0.3, 0.4) is 0 Å². The van der Waals surface area contributed by atoms with Gasteiger partial charge in [0.15, 0.2) is 0 Å². The van der Waals surface area contributed by atoms with Gasteiger partial charge in [0.1, 0.15) is 0 Å². The lowest BCUT2D eigenvalue weighted by Gasteiger charge is -2.16. The first-order valence-electron chi connectivity index (χ1n) is 5.98. The van der Waals surface area contributed by atoms with Crippen LogP contribution in [0, 0.1) is 0 Å². The van der Waals surface area contributed by atoms with Crippen molar-refractivity contribution in [2.24, 2.45) is 0 Å². The van der Waals surface area contributed by atoms with Gasteiger partial charge in [-0.2, -0.15) is 5.10 Å². The number of H-pyrrole nitrogens is 1. The van der Waals surface area contributed by atoms with Gasteiger partial charge in [-0.1, -0.05) is 6.07 Å². The summed E-state index contributed by atoms with van der Waals surface area (Å²) in [4.78, 5) is 24.1. The Kier molecular flexibility index (Phi) is 3.79. The second-order valence-electron chi connectivity index (χ2n) is 4.40. The van der Waals surface area contributed by atoms with Crippen molar-refractivity contribution in [2.75, 3.05) is 13.6 Å². The summed E-state index contributed by atoms with van der Waals surface area (Å²) in [5.41, 5.74) is 1.37. The molecule has 6 heteroatoms. The molecule has 0 aliphatic rings. The van der Waals surface area contributed by atoms with Crippen LogP contribution in [0.2, 0.25) is 0 Å². The first-order chi connectivity index (χ1) is 9.08. The quantitative estimate of drug-likeness (QED) is 0.854. The van der Waals surface area contributed by atoms with Crippen molar-refractivity contribution in [3.05, 3.63) is 30.0 Å². The van der Waals surface area contributed by atoms with Gasteiger partial charge in [0.2, 0.25) is 0 Å². The molecule has 0 saturated carbocycles. The van der Waals surface area contributed by atoms with Crippen molar-refractivity contribution >= 4 is 22.8 Å². The molecule has 2 rings (SSSR count). The van der Waals surface area contributed by atoms with Crippen molar-refractivity contribution in [3.8, 4) is 0 Å². The van der Waals surface area contributed by atoms with Gasteiger partial charge >= 0.3 is 5.97 Å². The number of hydrogen-bond donors (Lipinski definition) is 2. The standard InChI is InChI=1S/C13H15N3O3/c1-16(6-2-3-12(17)18)13(19)9-4-5-10-8-14-15-11(10)7-9/h4-5,7-8H,2-3,6H2,1H3,(H,14,15)(H,17,18). The zero-order chi connectivity index (χ0) is 13.8. The highest BCUT2D eigenvalue weighted by Crippen LogP contribution is 2.14. The molecule has 6 nitrogen and oxygen atoms in total. The van der Waals surface area contributed by atoms with E-state index in [0.717, 1.165) is 10.9 Å². The minimum absolute atomic E-state index is 0.0667. The molecule has 2 aromatic rings. The number of hydrogen-bond acceptors (Lipinski definition) is 3. The number of aromatic nitrogens is 2. The van der Waals surface area contributed by atoms with Gasteiger partial charge in [-0.05, 0) is 18.6 Å². The maximum absolute atomic E-state index is 12.1. The van der Waals surface area contributed by atoms with Crippen LogP contribution < -0.4 is 0 Å². The molecule has 1 aromatic carbocycles. The molecule has 100 valence electrons. The molecule has 1 heterocycles. The first-order valence-corrected chi connectivity index (χ1v) is 5.98. The van der Waals surface area contributed by atoms with Gasteiger partial charge in [-0.25, -0.2) is 0 Å². The van der Waals surface area contributed by atoms with E-state index in [-0.39, 0.29) is 12.3 Å². The third-order valence-corrected chi connectivity index (χ3v) is 2.92. The molecule has 0 fully saturated rings. The Balaban J connectivity index is 2.03. The van der Waals surface area contributed by atoms with Gasteiger partial charge in [-0.15, -0.1) is 0 Å². The van der Waals surface area contributed by atoms with Crippen LogP contribution in [0.4, 0.5) is 0 Å². The maximum atomic E-state index is 12.1. The largest absolute Gasteiger partial charge is 0.481 e. The molecule has 0 aliphatic carbocycles. The van der Waals surface area contributed by atoms with Crippen molar-refractivity contribution in [2.45, 2.75) is 12.8 Å². The van der Waals surface area contributed by atoms with Crippen LogP contribution in [-0.4, -0.2) is 45.7 Å². The molecule has 0 spiro atoms. The number of aromatic amines is 1. The van der Waals surface area contributed by atoms with Crippen LogP contribution >= 0.6 is 0 Å². The normalized spacial score (nSPS) is 10.6. The Morgan fingerprint density at radius 2 is 2.21 bits per heavy atom. The predicted molar refractivity (Wildman–Crippen MR) is 69.9 cm³/mol. The van der Waals surface area contributed by atoms with Crippen molar-refractivity contribution < 1.29 is 14.7 Å². The zero-order valence-corrected chi connectivity index (χ0v) is 10.6. The number of aliphatic carboxylic acids is 1. The number of rotatable bonds is 5. The molecule has 19 heavy (non-hydrogen) atoms. The molecular weight excluding hydrogens is 246 g/mol. The summed E-state index contributed by atoms with van der Waals surface area (Å²) in [5, 5.41) is 16.2. The SMILES string of the molecule is CN(CCCC(=O)O)C(=O)c1ccc2cn[nH]c2c1. The van der Waals surface area contributed by atoms with Crippen LogP contribution in [0.1, 0.15) is 23.2 Å². The van der Waals surface area contributed by atoms with Crippen LogP contribution in [0.15, 0.2) is 24.4 Å². The van der Waals surface area contributed by atoms with Crippen LogP contribution in [-0.2, 0) is 4.79 Å². The smallest absolute Gasteiger partial charge is 0.303 e. The number of carbonyl (C=O) groups is 2. The molecular formula is C13H15N3O3. The molecule has 2 N–H and O–H groups in total. The highest BCUT2D eigenvalue weighted by molar-refractivity contribution is 5.97. The van der Waals surface area contributed by atoms with E-state index < -0.39 is 5.97 Å². The van der Waals surface area contributed by atoms with Gasteiger partial charge in [-0.3, -0.25) is 14.7 Å². The van der Waals surface area contributed by atoms with E-state index >= 15 is 0 Å². The Morgan fingerprint density at radius 3 is 2.95 bits per heavy atom. The fourth-order valence-electron chi connectivity index (χ4n) is 1.86. The molecule has 0 unspecified atom stereocenters. The molecule has 0 saturated heterocycles. The van der Waals surface area contributed by atoms with Crippen molar-refractivity contribution in [1.82, 2.24) is 15.1 Å². The molecule has 0 bridgehead atoms. The fourth-order valence-corrected chi connectivity index (χ4v) is 1.86. The van der Waals surface area contributed by atoms with E-state index in [1.165, 1.54) is 4.90 Å². The van der Waals surface area contributed by atoms with Gasteiger partial charge in [0.05, 0.1) is 11.7 Å². The lowest BCUT2D eigenvalue weighted by Crippen LogP contribution is -2.28. The molecule has 0 aliphatic heterocycles. The van der Waals surface area contributed by atoms with E-state index in [4.69, 9.17) is 5.11 Å². The highest BCUT2D eigenvalue weighted by Gasteiger charge is 2.12. The summed E-state index contributed by atoms with van der Waals surface area (Å²) in [6.45, 7) is 0.423. The van der Waals surface area contributed by atoms with Gasteiger partial charge in [0, 0.05) is 31.0 Å². The number of carbonyl (C=O) groups excluding carboxylic acids is 1. The minimum atomic E-state index is -0.847. The maximum Gasteiger partial charge on any atom is 0.303 e. The topological polar surface area (TPSA) is 86.3 Å². The number of benzene rings is 1. The lowest BCUT2D eigenvalue weighted by atomic mass is 10.1. The lowest BCUT2D eigenvalue weighted by molar-refractivity contribution is -0.137. The second kappa shape index (κ2) is 5.51. The van der Waals surface area contributed by atoms with E-state index in [2.05, 4.69) is 10.2 Å². The molecule has 0 atom stereocenters. The number of carboxylic acid groups (broad SMARTS) is 1. The van der Waals surface area contributed by atoms with Crippen LogP contribution in [0.5, 0.6) is 0 Å². The highest BCUT2D eigenvalue weighted by atomic mass is 16.4. The summed E-state index contributed by atoms with van der Waals surface area (Å²) < 4.78 is 0. The Labute approximate surface area is 110 Å². The first kappa shape index (κ1) is 13.1. The van der Waals surface area contributed by atoms with Gasteiger partial charge in [0.25, 0.3) is 5.91 Å². The van der Waals surface area contributed by atoms with E-state index in [1.807, 2.05) is 6.07 Å². The predicted octanol–water partition coefficient (Wildman–Crippen LogP) is 1.50. The molecule has 1 aromatic heterocycles. The van der Waals surface area contributed by atoms with Crippen molar-refractivity contribution in [1.29, 1.82) is 0 Å².